The minimum absolute atomic E-state index is 0.0818. The Hall–Kier alpha value is -2.67. The number of methoxy groups -OCH3 is 1. The summed E-state index contributed by atoms with van der Waals surface area (Å²) in [6.07, 6.45) is 0.596. The van der Waals surface area contributed by atoms with E-state index in [4.69, 9.17) is 4.74 Å². The lowest BCUT2D eigenvalue weighted by Gasteiger charge is -2.10. The van der Waals surface area contributed by atoms with Crippen LogP contribution in [-0.4, -0.2) is 29.5 Å². The number of nitrogens with one attached hydrogen (secondary N) is 2. The van der Waals surface area contributed by atoms with E-state index < -0.39 is 0 Å². The Morgan fingerprint density at radius 3 is 2.62 bits per heavy atom. The van der Waals surface area contributed by atoms with Gasteiger partial charge in [0.25, 0.3) is 5.56 Å². The molecule has 3 rings (SSSR count). The highest BCUT2D eigenvalue weighted by Crippen LogP contribution is 2.26. The summed E-state index contributed by atoms with van der Waals surface area (Å²) in [6.45, 7) is 1.97. The van der Waals surface area contributed by atoms with Gasteiger partial charge in [-0.25, -0.2) is 4.98 Å². The Bertz CT molecular complexity index is 1010. The predicted molar refractivity (Wildman–Crippen MR) is 104 cm³/mol. The van der Waals surface area contributed by atoms with Gasteiger partial charge in [-0.05, 0) is 48.4 Å². The number of hydrogen-bond acceptors (Lipinski definition) is 4. The van der Waals surface area contributed by atoms with E-state index in [9.17, 15) is 9.59 Å². The van der Waals surface area contributed by atoms with Crippen molar-refractivity contribution in [3.8, 4) is 17.0 Å². The maximum atomic E-state index is 12.5. The average Bonchev–Trinajstić information content (AvgIpc) is 2.63. The van der Waals surface area contributed by atoms with Gasteiger partial charge in [-0.2, -0.15) is 0 Å². The Morgan fingerprint density at radius 1 is 1.23 bits per heavy atom. The Balaban J connectivity index is 2.09. The molecule has 0 spiro atoms. The summed E-state index contributed by atoms with van der Waals surface area (Å²) < 4.78 is 6.04. The van der Waals surface area contributed by atoms with Gasteiger partial charge in [-0.3, -0.25) is 9.59 Å². The van der Waals surface area contributed by atoms with Crippen LogP contribution in [-0.2, 0) is 11.2 Å². The number of halogens is 1. The molecule has 0 fully saturated rings. The molecule has 7 heteroatoms. The molecule has 1 heterocycles. The number of fused-ring (bicyclic) bond motifs is 1. The van der Waals surface area contributed by atoms with Gasteiger partial charge >= 0.3 is 0 Å². The first kappa shape index (κ1) is 18.1. The van der Waals surface area contributed by atoms with E-state index in [1.165, 1.54) is 6.92 Å². The van der Waals surface area contributed by atoms with Crippen LogP contribution in [0.4, 0.5) is 0 Å². The molecule has 1 amide bonds. The van der Waals surface area contributed by atoms with E-state index in [0.29, 0.717) is 41.0 Å². The zero-order valence-corrected chi connectivity index (χ0v) is 16.0. The van der Waals surface area contributed by atoms with Crippen molar-refractivity contribution in [2.75, 3.05) is 13.7 Å². The van der Waals surface area contributed by atoms with Crippen LogP contribution in [0.3, 0.4) is 0 Å². The Labute approximate surface area is 158 Å². The lowest BCUT2D eigenvalue weighted by Crippen LogP contribution is -2.22. The number of benzene rings is 2. The van der Waals surface area contributed by atoms with E-state index in [-0.39, 0.29) is 11.5 Å². The van der Waals surface area contributed by atoms with Gasteiger partial charge in [-0.15, -0.1) is 0 Å². The van der Waals surface area contributed by atoms with Crippen molar-refractivity contribution in [2.24, 2.45) is 0 Å². The largest absolute Gasteiger partial charge is 0.497 e. The van der Waals surface area contributed by atoms with Gasteiger partial charge in [0.2, 0.25) is 5.91 Å². The molecule has 0 saturated carbocycles. The highest BCUT2D eigenvalue weighted by atomic mass is 79.9. The zero-order valence-electron chi connectivity index (χ0n) is 14.4. The summed E-state index contributed by atoms with van der Waals surface area (Å²) >= 11 is 3.54. The summed E-state index contributed by atoms with van der Waals surface area (Å²) in [4.78, 5) is 31.1. The number of ether oxygens (including phenoxy) is 1. The van der Waals surface area contributed by atoms with Crippen molar-refractivity contribution in [1.29, 1.82) is 0 Å². The normalized spacial score (nSPS) is 10.7. The minimum atomic E-state index is -0.252. The molecule has 134 valence electrons. The molecule has 3 aromatic rings. The minimum Gasteiger partial charge on any atom is -0.497 e. The summed E-state index contributed by atoms with van der Waals surface area (Å²) in [5.74, 6) is 0.631. The summed E-state index contributed by atoms with van der Waals surface area (Å²) in [7, 11) is 1.59. The van der Waals surface area contributed by atoms with Crippen molar-refractivity contribution < 1.29 is 9.53 Å². The Kier molecular flexibility index (Phi) is 5.37. The fourth-order valence-electron chi connectivity index (χ4n) is 2.73. The smallest absolute Gasteiger partial charge is 0.274 e. The topological polar surface area (TPSA) is 84.1 Å². The molecule has 0 bridgehead atoms. The van der Waals surface area contributed by atoms with Crippen LogP contribution in [0.1, 0.15) is 12.5 Å². The molecule has 0 atom stereocenters. The second-order valence-corrected chi connectivity index (χ2v) is 6.65. The molecule has 0 aliphatic carbocycles. The molecule has 0 unspecified atom stereocenters. The second-order valence-electron chi connectivity index (χ2n) is 5.80. The number of carbonyl (C=O) groups excluding carboxylic acids is 1. The zero-order chi connectivity index (χ0) is 18.7. The summed E-state index contributed by atoms with van der Waals surface area (Å²) in [5, 5.41) is 2.78. The van der Waals surface area contributed by atoms with Crippen molar-refractivity contribution in [1.82, 2.24) is 15.3 Å². The highest BCUT2D eigenvalue weighted by molar-refractivity contribution is 9.10. The molecule has 6 nitrogen and oxygen atoms in total. The summed E-state index contributed by atoms with van der Waals surface area (Å²) in [6, 6.07) is 10.9. The fraction of sp³-hybridized carbons (Fsp3) is 0.211. The van der Waals surface area contributed by atoms with Crippen LogP contribution in [0.15, 0.2) is 45.7 Å². The molecule has 0 radical (unpaired) electrons. The second kappa shape index (κ2) is 7.70. The van der Waals surface area contributed by atoms with Crippen LogP contribution in [0.25, 0.3) is 22.3 Å². The Morgan fingerprint density at radius 2 is 1.96 bits per heavy atom. The van der Waals surface area contributed by atoms with E-state index in [1.807, 2.05) is 12.1 Å². The molecular formula is C19H18BrN3O3. The van der Waals surface area contributed by atoms with Crippen molar-refractivity contribution in [3.63, 3.8) is 0 Å². The lowest BCUT2D eigenvalue weighted by molar-refractivity contribution is -0.118. The van der Waals surface area contributed by atoms with E-state index >= 15 is 0 Å². The number of hydrogen-bond donors (Lipinski definition) is 2. The third kappa shape index (κ3) is 3.77. The monoisotopic (exact) mass is 415 g/mol. The number of carbonyl (C=O) groups is 1. The fourth-order valence-corrected chi connectivity index (χ4v) is 3.25. The number of aromatic amines is 1. The van der Waals surface area contributed by atoms with Gasteiger partial charge in [-0.1, -0.05) is 15.9 Å². The number of aromatic nitrogens is 2. The number of H-pyrrole nitrogens is 1. The molecule has 0 saturated heterocycles. The molecule has 0 aliphatic heterocycles. The molecular weight excluding hydrogens is 398 g/mol. The summed E-state index contributed by atoms with van der Waals surface area (Å²) in [5.41, 5.74) is 3.10. The number of amides is 1. The molecule has 0 aliphatic rings. The third-order valence-electron chi connectivity index (χ3n) is 4.02. The lowest BCUT2D eigenvalue weighted by atomic mass is 10.1. The van der Waals surface area contributed by atoms with Gasteiger partial charge in [0.05, 0.1) is 18.1 Å². The van der Waals surface area contributed by atoms with Crippen LogP contribution >= 0.6 is 15.9 Å². The van der Waals surface area contributed by atoms with Gasteiger partial charge < -0.3 is 15.0 Å². The quantitative estimate of drug-likeness (QED) is 0.670. The maximum absolute atomic E-state index is 12.5. The van der Waals surface area contributed by atoms with Gasteiger partial charge in [0.15, 0.2) is 0 Å². The SMILES string of the molecule is COc1ccc(-c2nc3c(CCNC(C)=O)c(Br)ccc3[nH]c2=O)cc1. The predicted octanol–water partition coefficient (Wildman–Crippen LogP) is 3.04. The number of rotatable bonds is 5. The van der Waals surface area contributed by atoms with Crippen LogP contribution in [0.5, 0.6) is 5.75 Å². The van der Waals surface area contributed by atoms with Crippen LogP contribution in [0.2, 0.25) is 0 Å². The first-order valence-corrected chi connectivity index (χ1v) is 8.89. The highest BCUT2D eigenvalue weighted by Gasteiger charge is 2.13. The van der Waals surface area contributed by atoms with Crippen molar-refractivity contribution >= 4 is 32.9 Å². The third-order valence-corrected chi connectivity index (χ3v) is 4.77. The maximum Gasteiger partial charge on any atom is 0.274 e. The molecule has 1 aromatic heterocycles. The first-order chi connectivity index (χ1) is 12.5. The molecule has 2 N–H and O–H groups in total. The molecule has 26 heavy (non-hydrogen) atoms. The van der Waals surface area contributed by atoms with E-state index in [1.54, 1.807) is 31.4 Å². The van der Waals surface area contributed by atoms with E-state index in [2.05, 4.69) is 31.2 Å². The first-order valence-electron chi connectivity index (χ1n) is 8.10. The van der Waals surface area contributed by atoms with Gasteiger partial charge in [0, 0.05) is 23.5 Å². The van der Waals surface area contributed by atoms with Crippen LogP contribution < -0.4 is 15.6 Å². The van der Waals surface area contributed by atoms with E-state index in [0.717, 1.165) is 10.0 Å². The standard InChI is InChI=1S/C19H18BrN3O3/c1-11(24)21-10-9-14-15(20)7-8-16-18(14)23-17(19(25)22-16)12-3-5-13(26-2)6-4-12/h3-8H,9-10H2,1-2H3,(H,21,24)(H,22,25). The molecule has 2 aromatic carbocycles. The van der Waals surface area contributed by atoms with Gasteiger partial charge in [0.1, 0.15) is 11.4 Å². The van der Waals surface area contributed by atoms with Crippen LogP contribution in [0, 0.1) is 0 Å². The van der Waals surface area contributed by atoms with Crippen molar-refractivity contribution in [3.05, 3.63) is 56.8 Å². The average molecular weight is 416 g/mol. The van der Waals surface area contributed by atoms with Crippen molar-refractivity contribution in [2.45, 2.75) is 13.3 Å². The number of nitrogens with zero attached hydrogens (tertiary/aromatic N) is 1.